The highest BCUT2D eigenvalue weighted by Crippen LogP contribution is 2.19. The molecule has 1 rings (SSSR count). The molecular formula is C13H11F3N2O2. The second-order valence-corrected chi connectivity index (χ2v) is 3.81. The SMILES string of the molecule is C#CCNC(=O)Cc1cccc(NC(=O)C(F)(F)F)c1. The molecule has 4 nitrogen and oxygen atoms in total. The molecule has 0 aliphatic rings. The third-order valence-electron chi connectivity index (χ3n) is 2.19. The Labute approximate surface area is 113 Å². The van der Waals surface area contributed by atoms with Gasteiger partial charge in [-0.05, 0) is 17.7 Å². The van der Waals surface area contributed by atoms with Crippen molar-refractivity contribution in [3.63, 3.8) is 0 Å². The first-order chi connectivity index (χ1) is 9.32. The lowest BCUT2D eigenvalue weighted by atomic mass is 10.1. The Balaban J connectivity index is 2.69. The molecular weight excluding hydrogens is 273 g/mol. The van der Waals surface area contributed by atoms with E-state index in [-0.39, 0.29) is 24.6 Å². The first-order valence-corrected chi connectivity index (χ1v) is 5.50. The Morgan fingerprint density at radius 1 is 1.30 bits per heavy atom. The Bertz CT molecular complexity index is 547. The number of halogens is 3. The summed E-state index contributed by atoms with van der Waals surface area (Å²) in [5, 5.41) is 4.13. The van der Waals surface area contributed by atoms with Gasteiger partial charge in [-0.2, -0.15) is 13.2 Å². The predicted molar refractivity (Wildman–Crippen MR) is 66.7 cm³/mol. The van der Waals surface area contributed by atoms with E-state index in [2.05, 4.69) is 11.2 Å². The summed E-state index contributed by atoms with van der Waals surface area (Å²) in [4.78, 5) is 22.2. The molecule has 0 unspecified atom stereocenters. The molecule has 2 N–H and O–H groups in total. The maximum atomic E-state index is 12.1. The molecule has 7 heteroatoms. The number of carbonyl (C=O) groups is 2. The fraction of sp³-hybridized carbons (Fsp3) is 0.231. The van der Waals surface area contributed by atoms with E-state index in [0.717, 1.165) is 0 Å². The van der Waals surface area contributed by atoms with Gasteiger partial charge in [-0.1, -0.05) is 18.1 Å². The molecule has 106 valence electrons. The van der Waals surface area contributed by atoms with E-state index in [1.807, 2.05) is 0 Å². The van der Waals surface area contributed by atoms with Gasteiger partial charge in [-0.15, -0.1) is 6.42 Å². The molecule has 1 aromatic rings. The lowest BCUT2D eigenvalue weighted by Crippen LogP contribution is -2.30. The van der Waals surface area contributed by atoms with Crippen molar-refractivity contribution >= 4 is 17.5 Å². The fourth-order valence-electron chi connectivity index (χ4n) is 1.36. The minimum absolute atomic E-state index is 0.0328. The van der Waals surface area contributed by atoms with Gasteiger partial charge in [0.05, 0.1) is 13.0 Å². The summed E-state index contributed by atoms with van der Waals surface area (Å²) in [6, 6.07) is 5.58. The summed E-state index contributed by atoms with van der Waals surface area (Å²) in [5.41, 5.74) is 0.425. The zero-order valence-electron chi connectivity index (χ0n) is 10.3. The van der Waals surface area contributed by atoms with E-state index in [1.165, 1.54) is 18.2 Å². The van der Waals surface area contributed by atoms with Crippen LogP contribution in [0.15, 0.2) is 24.3 Å². The summed E-state index contributed by atoms with van der Waals surface area (Å²) >= 11 is 0. The van der Waals surface area contributed by atoms with Crippen molar-refractivity contribution in [2.75, 3.05) is 11.9 Å². The van der Waals surface area contributed by atoms with E-state index in [0.29, 0.717) is 5.56 Å². The Morgan fingerprint density at radius 3 is 2.60 bits per heavy atom. The number of anilines is 1. The standard InChI is InChI=1S/C13H11F3N2O2/c1-2-6-17-11(19)8-9-4-3-5-10(7-9)18-12(20)13(14,15)16/h1,3-5,7H,6,8H2,(H,17,19)(H,18,20). The number of terminal acetylenes is 1. The lowest BCUT2D eigenvalue weighted by Gasteiger charge is -2.09. The maximum absolute atomic E-state index is 12.1. The van der Waals surface area contributed by atoms with Crippen molar-refractivity contribution in [3.05, 3.63) is 29.8 Å². The van der Waals surface area contributed by atoms with E-state index in [4.69, 9.17) is 6.42 Å². The van der Waals surface area contributed by atoms with Crippen LogP contribution in [0.1, 0.15) is 5.56 Å². The highest BCUT2D eigenvalue weighted by atomic mass is 19.4. The maximum Gasteiger partial charge on any atom is 0.471 e. The summed E-state index contributed by atoms with van der Waals surface area (Å²) in [6.07, 6.45) is -0.0313. The molecule has 1 aromatic carbocycles. The average molecular weight is 284 g/mol. The van der Waals surface area contributed by atoms with Crippen LogP contribution in [0.5, 0.6) is 0 Å². The lowest BCUT2D eigenvalue weighted by molar-refractivity contribution is -0.167. The molecule has 2 amide bonds. The summed E-state index contributed by atoms with van der Waals surface area (Å²) in [6.45, 7) is 0.0728. The molecule has 0 aromatic heterocycles. The quantitative estimate of drug-likeness (QED) is 0.823. The van der Waals surface area contributed by atoms with Gasteiger partial charge < -0.3 is 10.6 Å². The van der Waals surface area contributed by atoms with Crippen LogP contribution in [0.4, 0.5) is 18.9 Å². The Morgan fingerprint density at radius 2 is 2.00 bits per heavy atom. The van der Waals surface area contributed by atoms with Gasteiger partial charge in [-0.25, -0.2) is 0 Å². The van der Waals surface area contributed by atoms with Crippen LogP contribution in [0.25, 0.3) is 0 Å². The molecule has 0 aliphatic heterocycles. The van der Waals surface area contributed by atoms with E-state index < -0.39 is 12.1 Å². The van der Waals surface area contributed by atoms with Crippen LogP contribution < -0.4 is 10.6 Å². The molecule has 0 saturated heterocycles. The normalized spacial score (nSPS) is 10.5. The van der Waals surface area contributed by atoms with Crippen LogP contribution in [0, 0.1) is 12.3 Å². The average Bonchev–Trinajstić information content (AvgIpc) is 2.35. The van der Waals surface area contributed by atoms with Crippen molar-refractivity contribution in [1.82, 2.24) is 5.32 Å². The van der Waals surface area contributed by atoms with E-state index in [9.17, 15) is 22.8 Å². The van der Waals surface area contributed by atoms with Crippen molar-refractivity contribution in [1.29, 1.82) is 0 Å². The van der Waals surface area contributed by atoms with Crippen LogP contribution in [0.2, 0.25) is 0 Å². The third-order valence-corrected chi connectivity index (χ3v) is 2.19. The number of carbonyl (C=O) groups excluding carboxylic acids is 2. The zero-order valence-corrected chi connectivity index (χ0v) is 10.3. The minimum Gasteiger partial charge on any atom is -0.345 e. The molecule has 0 saturated carbocycles. The number of alkyl halides is 3. The monoisotopic (exact) mass is 284 g/mol. The number of hydrogen-bond acceptors (Lipinski definition) is 2. The van der Waals surface area contributed by atoms with Crippen LogP contribution in [-0.2, 0) is 16.0 Å². The first kappa shape index (κ1) is 15.6. The van der Waals surface area contributed by atoms with Crippen molar-refractivity contribution in [2.45, 2.75) is 12.6 Å². The highest BCUT2D eigenvalue weighted by molar-refractivity contribution is 5.95. The van der Waals surface area contributed by atoms with Crippen molar-refractivity contribution in [3.8, 4) is 12.3 Å². The van der Waals surface area contributed by atoms with Crippen LogP contribution >= 0.6 is 0 Å². The zero-order chi connectivity index (χ0) is 15.2. The number of nitrogens with one attached hydrogen (secondary N) is 2. The van der Waals surface area contributed by atoms with Gasteiger partial charge in [0.1, 0.15) is 0 Å². The van der Waals surface area contributed by atoms with Gasteiger partial charge in [0.15, 0.2) is 0 Å². The van der Waals surface area contributed by atoms with Crippen molar-refractivity contribution < 1.29 is 22.8 Å². The minimum atomic E-state index is -4.96. The fourth-order valence-corrected chi connectivity index (χ4v) is 1.36. The second-order valence-electron chi connectivity index (χ2n) is 3.81. The molecule has 0 heterocycles. The Kier molecular flexibility index (Phi) is 5.15. The van der Waals surface area contributed by atoms with Crippen LogP contribution in [-0.4, -0.2) is 24.5 Å². The van der Waals surface area contributed by atoms with Gasteiger partial charge in [-0.3, -0.25) is 9.59 Å². The topological polar surface area (TPSA) is 58.2 Å². The van der Waals surface area contributed by atoms with Gasteiger partial charge in [0.25, 0.3) is 0 Å². The highest BCUT2D eigenvalue weighted by Gasteiger charge is 2.38. The number of rotatable bonds is 4. The summed E-state index contributed by atoms with van der Waals surface area (Å²) < 4.78 is 36.3. The van der Waals surface area contributed by atoms with E-state index >= 15 is 0 Å². The third kappa shape index (κ3) is 5.02. The molecule has 0 bridgehead atoms. The van der Waals surface area contributed by atoms with Crippen molar-refractivity contribution in [2.24, 2.45) is 0 Å². The largest absolute Gasteiger partial charge is 0.471 e. The second kappa shape index (κ2) is 6.61. The number of amides is 2. The van der Waals surface area contributed by atoms with Gasteiger partial charge in [0.2, 0.25) is 5.91 Å². The molecule has 0 spiro atoms. The molecule has 0 atom stereocenters. The van der Waals surface area contributed by atoms with Gasteiger partial charge in [0, 0.05) is 5.69 Å². The van der Waals surface area contributed by atoms with Gasteiger partial charge >= 0.3 is 12.1 Å². The molecule has 0 radical (unpaired) electrons. The predicted octanol–water partition coefficient (Wildman–Crippen LogP) is 1.48. The van der Waals surface area contributed by atoms with E-state index in [1.54, 1.807) is 11.4 Å². The first-order valence-electron chi connectivity index (χ1n) is 5.50. The number of benzene rings is 1. The number of hydrogen-bond donors (Lipinski definition) is 2. The summed E-state index contributed by atoms with van der Waals surface area (Å²) in [5.74, 6) is -0.198. The summed E-state index contributed by atoms with van der Waals surface area (Å²) in [7, 11) is 0. The Hall–Kier alpha value is -2.49. The molecule has 0 aliphatic carbocycles. The van der Waals surface area contributed by atoms with Crippen LogP contribution in [0.3, 0.4) is 0 Å². The smallest absolute Gasteiger partial charge is 0.345 e. The molecule has 20 heavy (non-hydrogen) atoms. The molecule has 0 fully saturated rings.